The highest BCUT2D eigenvalue weighted by Crippen LogP contribution is 2.33. The Morgan fingerprint density at radius 3 is 2.26 bits per heavy atom. The number of allylic oxidation sites excluding steroid dienone is 2. The Hall–Kier alpha value is -3.41. The normalized spacial score (nSPS) is 15.3. The largest absolute Gasteiger partial charge is 0.507 e. The first kappa shape index (κ1) is 18.4. The molecule has 0 atom stereocenters. The van der Waals surface area contributed by atoms with Crippen molar-refractivity contribution in [2.45, 2.75) is 12.8 Å². The summed E-state index contributed by atoms with van der Waals surface area (Å²) in [4.78, 5) is 24.9. The van der Waals surface area contributed by atoms with Crippen molar-refractivity contribution in [3.63, 3.8) is 0 Å². The maximum absolute atomic E-state index is 12.6. The molecule has 1 aliphatic carbocycles. The Kier molecular flexibility index (Phi) is 5.07. The Morgan fingerprint density at radius 2 is 1.70 bits per heavy atom. The third-order valence-electron chi connectivity index (χ3n) is 4.60. The third kappa shape index (κ3) is 3.89. The average molecular weight is 364 g/mol. The first-order chi connectivity index (χ1) is 12.9. The Balaban J connectivity index is 1.83. The van der Waals surface area contributed by atoms with Gasteiger partial charge >= 0.3 is 0 Å². The van der Waals surface area contributed by atoms with Gasteiger partial charge in [0.2, 0.25) is 0 Å². The molecule has 0 spiro atoms. The molecule has 2 aromatic carbocycles. The number of aliphatic hydroxyl groups is 1. The van der Waals surface area contributed by atoms with E-state index in [-0.39, 0.29) is 17.2 Å². The number of ketones is 1. The summed E-state index contributed by atoms with van der Waals surface area (Å²) < 4.78 is 0. The minimum absolute atomic E-state index is 0.00930. The summed E-state index contributed by atoms with van der Waals surface area (Å²) in [6, 6.07) is 13.3. The second kappa shape index (κ2) is 7.45. The van der Waals surface area contributed by atoms with Gasteiger partial charge in [0.1, 0.15) is 5.76 Å². The molecule has 0 radical (unpaired) electrons. The second-order valence-corrected chi connectivity index (χ2v) is 6.62. The standard InChI is InChI=1S/C21H20N2O4/c1-22(2)17-8-3-14(4-9-17)13-16-7-12-19(21(16)25)20(24)15-5-10-18(11-6-15)23(26)27/h3-6,8-11,13,25H,7,12H2,1-2H3. The number of benzene rings is 2. The van der Waals surface area contributed by atoms with Gasteiger partial charge in [-0.2, -0.15) is 0 Å². The Labute approximate surface area is 157 Å². The number of anilines is 1. The maximum atomic E-state index is 12.6. The molecule has 0 aromatic heterocycles. The molecule has 0 unspecified atom stereocenters. The summed E-state index contributed by atoms with van der Waals surface area (Å²) in [5.74, 6) is -0.288. The zero-order chi connectivity index (χ0) is 19.6. The first-order valence-corrected chi connectivity index (χ1v) is 8.56. The molecule has 0 heterocycles. The fourth-order valence-corrected chi connectivity index (χ4v) is 3.03. The highest BCUT2D eigenvalue weighted by Gasteiger charge is 2.25. The number of Topliss-reactive ketones (excluding diaryl/α,β-unsaturated/α-hetero) is 1. The number of nitro groups is 1. The van der Waals surface area contributed by atoms with Crippen molar-refractivity contribution in [1.82, 2.24) is 0 Å². The number of hydrogen-bond acceptors (Lipinski definition) is 5. The summed E-state index contributed by atoms with van der Waals surface area (Å²) in [6.07, 6.45) is 2.91. The van der Waals surface area contributed by atoms with Crippen LogP contribution in [-0.4, -0.2) is 29.9 Å². The van der Waals surface area contributed by atoms with Crippen LogP contribution < -0.4 is 4.90 Å². The van der Waals surface area contributed by atoms with Crippen molar-refractivity contribution in [3.05, 3.63) is 86.7 Å². The molecule has 6 heteroatoms. The van der Waals surface area contributed by atoms with Crippen LogP contribution in [0.5, 0.6) is 0 Å². The fraction of sp³-hybridized carbons (Fsp3) is 0.190. The molecule has 2 aromatic rings. The summed E-state index contributed by atoms with van der Waals surface area (Å²) in [6.45, 7) is 0. The summed E-state index contributed by atoms with van der Waals surface area (Å²) in [7, 11) is 3.93. The van der Waals surface area contributed by atoms with E-state index in [4.69, 9.17) is 0 Å². The molecule has 1 N–H and O–H groups in total. The number of carbonyl (C=O) groups excluding carboxylic acids is 1. The maximum Gasteiger partial charge on any atom is 0.269 e. The number of aliphatic hydroxyl groups excluding tert-OH is 1. The molecule has 0 bridgehead atoms. The first-order valence-electron chi connectivity index (χ1n) is 8.56. The van der Waals surface area contributed by atoms with Crippen LogP contribution >= 0.6 is 0 Å². The highest BCUT2D eigenvalue weighted by molar-refractivity contribution is 6.10. The van der Waals surface area contributed by atoms with Crippen LogP contribution in [-0.2, 0) is 0 Å². The van der Waals surface area contributed by atoms with Gasteiger partial charge < -0.3 is 10.0 Å². The molecule has 6 nitrogen and oxygen atoms in total. The van der Waals surface area contributed by atoms with Crippen molar-refractivity contribution in [2.75, 3.05) is 19.0 Å². The van der Waals surface area contributed by atoms with Gasteiger partial charge in [0, 0.05) is 43.1 Å². The van der Waals surface area contributed by atoms with Gasteiger partial charge in [-0.05, 0) is 54.3 Å². The number of hydrogen-bond donors (Lipinski definition) is 1. The van der Waals surface area contributed by atoms with Gasteiger partial charge in [-0.25, -0.2) is 0 Å². The summed E-state index contributed by atoms with van der Waals surface area (Å²) in [5.41, 5.74) is 3.36. The smallest absolute Gasteiger partial charge is 0.269 e. The van der Waals surface area contributed by atoms with Gasteiger partial charge in [-0.15, -0.1) is 0 Å². The SMILES string of the molecule is CN(C)c1ccc(C=C2CCC(C(=O)c3ccc([N+](=O)[O-])cc3)=C2O)cc1. The molecule has 0 saturated carbocycles. The van der Waals surface area contributed by atoms with Crippen LogP contribution in [0.1, 0.15) is 28.8 Å². The van der Waals surface area contributed by atoms with Crippen LogP contribution in [0.4, 0.5) is 11.4 Å². The van der Waals surface area contributed by atoms with E-state index in [1.807, 2.05) is 49.3 Å². The molecule has 0 amide bonds. The van der Waals surface area contributed by atoms with E-state index in [9.17, 15) is 20.0 Å². The molecule has 3 rings (SSSR count). The van der Waals surface area contributed by atoms with E-state index in [0.717, 1.165) is 16.8 Å². The van der Waals surface area contributed by atoms with E-state index in [1.54, 1.807) is 0 Å². The van der Waals surface area contributed by atoms with E-state index in [1.165, 1.54) is 24.3 Å². The quantitative estimate of drug-likeness (QED) is 0.479. The minimum atomic E-state index is -0.511. The topological polar surface area (TPSA) is 83.7 Å². The van der Waals surface area contributed by atoms with Crippen LogP contribution in [0, 0.1) is 10.1 Å². The van der Waals surface area contributed by atoms with Gasteiger partial charge in [-0.3, -0.25) is 14.9 Å². The summed E-state index contributed by atoms with van der Waals surface area (Å²) in [5, 5.41) is 21.2. The van der Waals surface area contributed by atoms with Crippen molar-refractivity contribution in [1.29, 1.82) is 0 Å². The Bertz CT molecular complexity index is 939. The van der Waals surface area contributed by atoms with Crippen LogP contribution in [0.2, 0.25) is 0 Å². The van der Waals surface area contributed by atoms with Gasteiger partial charge in [0.05, 0.1) is 4.92 Å². The van der Waals surface area contributed by atoms with Gasteiger partial charge in [0.15, 0.2) is 5.78 Å². The molecule has 1 aliphatic rings. The lowest BCUT2D eigenvalue weighted by Gasteiger charge is -2.12. The number of nitro benzene ring substituents is 1. The lowest BCUT2D eigenvalue weighted by Crippen LogP contribution is -2.07. The zero-order valence-corrected chi connectivity index (χ0v) is 15.2. The number of carbonyl (C=O) groups is 1. The monoisotopic (exact) mass is 364 g/mol. The molecule has 27 heavy (non-hydrogen) atoms. The predicted molar refractivity (Wildman–Crippen MR) is 105 cm³/mol. The minimum Gasteiger partial charge on any atom is -0.507 e. The third-order valence-corrected chi connectivity index (χ3v) is 4.60. The molecule has 0 fully saturated rings. The fourth-order valence-electron chi connectivity index (χ4n) is 3.03. The van der Waals surface area contributed by atoms with Crippen molar-refractivity contribution in [2.24, 2.45) is 0 Å². The van der Waals surface area contributed by atoms with Gasteiger partial charge in [0.25, 0.3) is 5.69 Å². The van der Waals surface area contributed by atoms with E-state index >= 15 is 0 Å². The van der Waals surface area contributed by atoms with Crippen LogP contribution in [0.3, 0.4) is 0 Å². The van der Waals surface area contributed by atoms with Crippen LogP contribution in [0.15, 0.2) is 65.4 Å². The lowest BCUT2D eigenvalue weighted by atomic mass is 10.0. The van der Waals surface area contributed by atoms with E-state index in [2.05, 4.69) is 0 Å². The van der Waals surface area contributed by atoms with Crippen molar-refractivity contribution in [3.8, 4) is 0 Å². The molecule has 138 valence electrons. The zero-order valence-electron chi connectivity index (χ0n) is 15.2. The van der Waals surface area contributed by atoms with E-state index < -0.39 is 4.92 Å². The van der Waals surface area contributed by atoms with E-state index in [0.29, 0.717) is 24.0 Å². The Morgan fingerprint density at radius 1 is 1.07 bits per heavy atom. The summed E-state index contributed by atoms with van der Waals surface area (Å²) >= 11 is 0. The molecule has 0 saturated heterocycles. The predicted octanol–water partition coefficient (Wildman–Crippen LogP) is 4.53. The number of rotatable bonds is 5. The lowest BCUT2D eigenvalue weighted by molar-refractivity contribution is -0.384. The molecule has 0 aliphatic heterocycles. The van der Waals surface area contributed by atoms with Crippen molar-refractivity contribution < 1.29 is 14.8 Å². The van der Waals surface area contributed by atoms with Gasteiger partial charge in [-0.1, -0.05) is 12.1 Å². The second-order valence-electron chi connectivity index (χ2n) is 6.62. The number of nitrogens with zero attached hydrogens (tertiary/aromatic N) is 2. The molecular formula is C21H20N2O4. The van der Waals surface area contributed by atoms with Crippen molar-refractivity contribution >= 4 is 23.2 Å². The van der Waals surface area contributed by atoms with Crippen LogP contribution in [0.25, 0.3) is 6.08 Å². The average Bonchev–Trinajstić information content (AvgIpc) is 3.02. The number of non-ortho nitro benzene ring substituents is 1. The molecular weight excluding hydrogens is 344 g/mol. The highest BCUT2D eigenvalue weighted by atomic mass is 16.6.